The maximum absolute atomic E-state index is 9.70. The first-order chi connectivity index (χ1) is 8.11. The van der Waals surface area contributed by atoms with Gasteiger partial charge in [-0.1, -0.05) is 13.0 Å². The highest BCUT2D eigenvalue weighted by molar-refractivity contribution is 5.42. The highest BCUT2D eigenvalue weighted by Gasteiger charge is 2.24. The summed E-state index contributed by atoms with van der Waals surface area (Å²) in [6.07, 6.45) is 0.605. The van der Waals surface area contributed by atoms with Gasteiger partial charge in [0, 0.05) is 18.8 Å². The molecule has 2 rings (SSSR count). The van der Waals surface area contributed by atoms with Crippen molar-refractivity contribution in [3.63, 3.8) is 0 Å². The van der Waals surface area contributed by atoms with E-state index in [9.17, 15) is 5.11 Å². The largest absolute Gasteiger partial charge is 0.393 e. The molecule has 1 aromatic heterocycles. The van der Waals surface area contributed by atoms with E-state index in [1.807, 2.05) is 19.1 Å². The van der Waals surface area contributed by atoms with Gasteiger partial charge in [0.1, 0.15) is 5.82 Å². The van der Waals surface area contributed by atoms with Gasteiger partial charge >= 0.3 is 0 Å². The summed E-state index contributed by atoms with van der Waals surface area (Å²) in [5.74, 6) is 1.22. The topological polar surface area (TPSA) is 56.6 Å². The number of hydrogen-bond donors (Lipinski definition) is 2. The van der Waals surface area contributed by atoms with E-state index in [-0.39, 0.29) is 18.6 Å². The molecule has 2 heterocycles. The maximum atomic E-state index is 9.70. The molecule has 2 atom stereocenters. The third-order valence-electron chi connectivity index (χ3n) is 3.53. The van der Waals surface area contributed by atoms with Crippen molar-refractivity contribution in [1.82, 2.24) is 4.98 Å². The Bertz CT molecular complexity index is 395. The average Bonchev–Trinajstić information content (AvgIpc) is 2.32. The molecule has 2 unspecified atom stereocenters. The van der Waals surface area contributed by atoms with Crippen LogP contribution in [0.1, 0.15) is 24.6 Å². The van der Waals surface area contributed by atoms with Gasteiger partial charge in [-0.3, -0.25) is 0 Å². The Balaban J connectivity index is 2.15. The van der Waals surface area contributed by atoms with E-state index < -0.39 is 0 Å². The molecule has 0 amide bonds. The van der Waals surface area contributed by atoms with Crippen LogP contribution < -0.4 is 4.90 Å². The van der Waals surface area contributed by atoms with Crippen LogP contribution in [0.2, 0.25) is 0 Å². The van der Waals surface area contributed by atoms with Gasteiger partial charge in [-0.25, -0.2) is 4.98 Å². The van der Waals surface area contributed by atoms with E-state index in [1.54, 1.807) is 0 Å². The Morgan fingerprint density at radius 1 is 1.47 bits per heavy atom. The van der Waals surface area contributed by atoms with Gasteiger partial charge in [-0.05, 0) is 30.9 Å². The molecule has 1 aromatic rings. The summed E-state index contributed by atoms with van der Waals surface area (Å²) in [6.45, 7) is 5.69. The fourth-order valence-electron chi connectivity index (χ4n) is 2.26. The predicted octanol–water partition coefficient (Wildman–Crippen LogP) is 1.09. The lowest BCUT2D eigenvalue weighted by Crippen LogP contribution is -2.42. The number of hydrogen-bond acceptors (Lipinski definition) is 4. The Labute approximate surface area is 102 Å². The van der Waals surface area contributed by atoms with Crippen LogP contribution >= 0.6 is 0 Å². The van der Waals surface area contributed by atoms with E-state index in [2.05, 4.69) is 16.8 Å². The molecule has 0 spiro atoms. The van der Waals surface area contributed by atoms with Crippen molar-refractivity contribution in [2.24, 2.45) is 5.92 Å². The first kappa shape index (κ1) is 12.3. The SMILES string of the molecule is Cc1nc(N2CCC(O)C(C)C2)ccc1CO. The number of aromatic nitrogens is 1. The number of aryl methyl sites for hydroxylation is 1. The summed E-state index contributed by atoms with van der Waals surface area (Å²) in [5, 5.41) is 18.8. The van der Waals surface area contributed by atoms with Gasteiger partial charge in [0.2, 0.25) is 0 Å². The van der Waals surface area contributed by atoms with Crippen LogP contribution in [-0.2, 0) is 6.61 Å². The number of pyridine rings is 1. The van der Waals surface area contributed by atoms with E-state index in [0.717, 1.165) is 36.6 Å². The Morgan fingerprint density at radius 3 is 2.82 bits per heavy atom. The normalized spacial score (nSPS) is 25.1. The Morgan fingerprint density at radius 2 is 2.24 bits per heavy atom. The summed E-state index contributed by atoms with van der Waals surface area (Å²) in [5.41, 5.74) is 1.75. The van der Waals surface area contributed by atoms with Crippen molar-refractivity contribution in [3.8, 4) is 0 Å². The zero-order valence-corrected chi connectivity index (χ0v) is 10.4. The number of piperidine rings is 1. The van der Waals surface area contributed by atoms with Crippen LogP contribution in [0.5, 0.6) is 0 Å². The lowest BCUT2D eigenvalue weighted by molar-refractivity contribution is 0.0969. The number of aliphatic hydroxyl groups is 2. The summed E-state index contributed by atoms with van der Waals surface area (Å²) in [7, 11) is 0. The molecule has 4 nitrogen and oxygen atoms in total. The number of rotatable bonds is 2. The van der Waals surface area contributed by atoms with Crippen LogP contribution in [0.4, 0.5) is 5.82 Å². The van der Waals surface area contributed by atoms with Crippen LogP contribution in [0.25, 0.3) is 0 Å². The zero-order valence-electron chi connectivity index (χ0n) is 10.4. The molecule has 0 aliphatic carbocycles. The molecule has 0 bridgehead atoms. The molecule has 1 saturated heterocycles. The van der Waals surface area contributed by atoms with Gasteiger partial charge in [0.25, 0.3) is 0 Å². The van der Waals surface area contributed by atoms with Gasteiger partial charge in [0.15, 0.2) is 0 Å². The quantitative estimate of drug-likeness (QED) is 0.807. The minimum Gasteiger partial charge on any atom is -0.393 e. The van der Waals surface area contributed by atoms with Crippen molar-refractivity contribution in [2.75, 3.05) is 18.0 Å². The van der Waals surface area contributed by atoms with E-state index in [4.69, 9.17) is 5.11 Å². The molecule has 0 saturated carbocycles. The van der Waals surface area contributed by atoms with Crippen LogP contribution in [0, 0.1) is 12.8 Å². The monoisotopic (exact) mass is 236 g/mol. The summed E-state index contributed by atoms with van der Waals surface area (Å²) in [6, 6.07) is 3.87. The summed E-state index contributed by atoms with van der Waals surface area (Å²) < 4.78 is 0. The van der Waals surface area contributed by atoms with E-state index >= 15 is 0 Å². The molecule has 17 heavy (non-hydrogen) atoms. The molecule has 94 valence electrons. The molecule has 4 heteroatoms. The van der Waals surface area contributed by atoms with Crippen LogP contribution in [0.3, 0.4) is 0 Å². The zero-order chi connectivity index (χ0) is 12.4. The average molecular weight is 236 g/mol. The lowest BCUT2D eigenvalue weighted by Gasteiger charge is -2.35. The molecule has 0 aromatic carbocycles. The highest BCUT2D eigenvalue weighted by atomic mass is 16.3. The first-order valence-corrected chi connectivity index (χ1v) is 6.12. The van der Waals surface area contributed by atoms with E-state index in [0.29, 0.717) is 0 Å². The van der Waals surface area contributed by atoms with Gasteiger partial charge in [-0.2, -0.15) is 0 Å². The van der Waals surface area contributed by atoms with Crippen molar-refractivity contribution < 1.29 is 10.2 Å². The highest BCUT2D eigenvalue weighted by Crippen LogP contribution is 2.22. The van der Waals surface area contributed by atoms with Crippen molar-refractivity contribution in [1.29, 1.82) is 0 Å². The second-order valence-corrected chi connectivity index (χ2v) is 4.85. The molecule has 0 radical (unpaired) electrons. The molecule has 2 N–H and O–H groups in total. The molecular formula is C13H20N2O2. The summed E-state index contributed by atoms with van der Waals surface area (Å²) in [4.78, 5) is 6.71. The van der Waals surface area contributed by atoms with Gasteiger partial charge in [0.05, 0.1) is 12.7 Å². The Kier molecular flexibility index (Phi) is 3.64. The second kappa shape index (κ2) is 5.02. The van der Waals surface area contributed by atoms with Crippen molar-refractivity contribution in [3.05, 3.63) is 23.4 Å². The van der Waals surface area contributed by atoms with Gasteiger partial charge < -0.3 is 15.1 Å². The lowest BCUT2D eigenvalue weighted by atomic mass is 9.97. The van der Waals surface area contributed by atoms with Crippen LogP contribution in [0.15, 0.2) is 12.1 Å². The molecular weight excluding hydrogens is 216 g/mol. The minimum atomic E-state index is -0.191. The van der Waals surface area contributed by atoms with Crippen molar-refractivity contribution in [2.45, 2.75) is 33.0 Å². The van der Waals surface area contributed by atoms with Crippen LogP contribution in [-0.4, -0.2) is 34.4 Å². The molecule has 1 aliphatic rings. The third-order valence-corrected chi connectivity index (χ3v) is 3.53. The smallest absolute Gasteiger partial charge is 0.128 e. The van der Waals surface area contributed by atoms with Crippen molar-refractivity contribution >= 4 is 5.82 Å². The van der Waals surface area contributed by atoms with Gasteiger partial charge in [-0.15, -0.1) is 0 Å². The number of anilines is 1. The fourth-order valence-corrected chi connectivity index (χ4v) is 2.26. The third kappa shape index (κ3) is 2.58. The standard InChI is InChI=1S/C13H20N2O2/c1-9-7-15(6-5-12(9)17)13-4-3-11(8-16)10(2)14-13/h3-4,9,12,16-17H,5-8H2,1-2H3. The fraction of sp³-hybridized carbons (Fsp3) is 0.615. The minimum absolute atomic E-state index is 0.0359. The number of nitrogens with zero attached hydrogens (tertiary/aromatic N) is 2. The molecule has 1 aliphatic heterocycles. The maximum Gasteiger partial charge on any atom is 0.128 e. The predicted molar refractivity (Wildman–Crippen MR) is 66.9 cm³/mol. The van der Waals surface area contributed by atoms with E-state index in [1.165, 1.54) is 0 Å². The summed E-state index contributed by atoms with van der Waals surface area (Å²) >= 11 is 0. The first-order valence-electron chi connectivity index (χ1n) is 6.12. The second-order valence-electron chi connectivity index (χ2n) is 4.85. The molecule has 1 fully saturated rings. The Hall–Kier alpha value is -1.13. The number of aliphatic hydroxyl groups excluding tert-OH is 2.